The Morgan fingerprint density at radius 3 is 1.80 bits per heavy atom. The molecule has 2 saturated carbocycles. The summed E-state index contributed by atoms with van der Waals surface area (Å²) in [5, 5.41) is 19.3. The van der Waals surface area contributed by atoms with Crippen molar-refractivity contribution in [3.05, 3.63) is 0 Å². The lowest BCUT2D eigenvalue weighted by atomic mass is 9.79. The standard InChI is InChI=1S/C21H40O4/c1-3-4-21(23)20-11-9-19(10-12-20)15-25-16(2)24-14-18-7-5-17(13-22)6-8-18/h16-23H,3-15H2,1-2H3. The molecule has 4 heteroatoms. The molecule has 4 nitrogen and oxygen atoms in total. The minimum absolute atomic E-state index is 0.102. The van der Waals surface area contributed by atoms with Crippen LogP contribution in [0.4, 0.5) is 0 Å². The van der Waals surface area contributed by atoms with Crippen LogP contribution in [0.25, 0.3) is 0 Å². The maximum Gasteiger partial charge on any atom is 0.154 e. The summed E-state index contributed by atoms with van der Waals surface area (Å²) in [6, 6.07) is 0. The van der Waals surface area contributed by atoms with Crippen molar-refractivity contribution in [3.8, 4) is 0 Å². The van der Waals surface area contributed by atoms with Gasteiger partial charge in [-0.3, -0.25) is 0 Å². The lowest BCUT2D eigenvalue weighted by Gasteiger charge is -2.32. The van der Waals surface area contributed by atoms with Gasteiger partial charge in [-0.1, -0.05) is 13.3 Å². The zero-order valence-corrected chi connectivity index (χ0v) is 16.4. The summed E-state index contributed by atoms with van der Waals surface area (Å²) in [5.41, 5.74) is 0. The molecule has 0 amide bonds. The van der Waals surface area contributed by atoms with Crippen molar-refractivity contribution in [1.82, 2.24) is 0 Å². The van der Waals surface area contributed by atoms with Crippen LogP contribution in [0.1, 0.15) is 78.1 Å². The van der Waals surface area contributed by atoms with Crippen LogP contribution in [0.5, 0.6) is 0 Å². The molecule has 0 aromatic rings. The molecule has 2 N–H and O–H groups in total. The van der Waals surface area contributed by atoms with E-state index < -0.39 is 0 Å². The SMILES string of the molecule is CCCC(O)C1CCC(COC(C)OCC2CCC(CO)CC2)CC1. The van der Waals surface area contributed by atoms with Crippen LogP contribution in [0.2, 0.25) is 0 Å². The highest BCUT2D eigenvalue weighted by molar-refractivity contribution is 4.77. The van der Waals surface area contributed by atoms with E-state index in [1.165, 1.54) is 25.7 Å². The van der Waals surface area contributed by atoms with Gasteiger partial charge in [0, 0.05) is 6.61 Å². The van der Waals surface area contributed by atoms with Gasteiger partial charge in [0.2, 0.25) is 0 Å². The number of aliphatic hydroxyl groups excluding tert-OH is 2. The molecule has 2 rings (SSSR count). The van der Waals surface area contributed by atoms with Gasteiger partial charge in [-0.05, 0) is 88.4 Å². The maximum atomic E-state index is 10.1. The van der Waals surface area contributed by atoms with Gasteiger partial charge in [0.25, 0.3) is 0 Å². The molecule has 2 aliphatic carbocycles. The Balaban J connectivity index is 1.53. The van der Waals surface area contributed by atoms with Gasteiger partial charge >= 0.3 is 0 Å². The first-order valence-electron chi connectivity index (χ1n) is 10.6. The largest absolute Gasteiger partial charge is 0.396 e. The molecule has 0 heterocycles. The third-order valence-corrected chi connectivity index (χ3v) is 6.38. The number of ether oxygens (including phenoxy) is 2. The van der Waals surface area contributed by atoms with E-state index in [9.17, 15) is 10.2 Å². The summed E-state index contributed by atoms with van der Waals surface area (Å²) in [6.45, 7) is 6.06. The molecule has 2 unspecified atom stereocenters. The molecule has 2 fully saturated rings. The fourth-order valence-corrected chi connectivity index (χ4v) is 4.44. The topological polar surface area (TPSA) is 58.9 Å². The van der Waals surface area contributed by atoms with Crippen LogP contribution in [0.15, 0.2) is 0 Å². The smallest absolute Gasteiger partial charge is 0.154 e. The molecular formula is C21H40O4. The van der Waals surface area contributed by atoms with E-state index in [0.717, 1.165) is 51.7 Å². The quantitative estimate of drug-likeness (QED) is 0.578. The second-order valence-electron chi connectivity index (χ2n) is 8.44. The summed E-state index contributed by atoms with van der Waals surface area (Å²) < 4.78 is 11.8. The van der Waals surface area contributed by atoms with Crippen LogP contribution < -0.4 is 0 Å². The van der Waals surface area contributed by atoms with Crippen molar-refractivity contribution >= 4 is 0 Å². The zero-order chi connectivity index (χ0) is 18.1. The fourth-order valence-electron chi connectivity index (χ4n) is 4.44. The first-order valence-corrected chi connectivity index (χ1v) is 10.6. The lowest BCUT2D eigenvalue weighted by molar-refractivity contribution is -0.150. The number of hydrogen-bond acceptors (Lipinski definition) is 4. The highest BCUT2D eigenvalue weighted by Crippen LogP contribution is 2.33. The van der Waals surface area contributed by atoms with Gasteiger partial charge in [-0.15, -0.1) is 0 Å². The Bertz CT molecular complexity index is 333. The molecule has 148 valence electrons. The average Bonchev–Trinajstić information content (AvgIpc) is 2.65. The van der Waals surface area contributed by atoms with E-state index >= 15 is 0 Å². The molecule has 0 aliphatic heterocycles. The van der Waals surface area contributed by atoms with E-state index in [1.807, 2.05) is 6.92 Å². The van der Waals surface area contributed by atoms with Gasteiger partial charge in [0.05, 0.1) is 19.3 Å². The summed E-state index contributed by atoms with van der Waals surface area (Å²) in [5.74, 6) is 2.26. The number of hydrogen-bond donors (Lipinski definition) is 2. The van der Waals surface area contributed by atoms with Crippen LogP contribution in [0.3, 0.4) is 0 Å². The summed E-state index contributed by atoms with van der Waals surface area (Å²) in [7, 11) is 0. The first-order chi connectivity index (χ1) is 12.1. The highest BCUT2D eigenvalue weighted by Gasteiger charge is 2.26. The first kappa shape index (κ1) is 21.1. The van der Waals surface area contributed by atoms with E-state index in [4.69, 9.17) is 9.47 Å². The number of rotatable bonds is 10. The minimum Gasteiger partial charge on any atom is -0.396 e. The van der Waals surface area contributed by atoms with Crippen LogP contribution in [0, 0.1) is 23.7 Å². The number of aliphatic hydroxyl groups is 2. The predicted molar refractivity (Wildman–Crippen MR) is 100 cm³/mol. The van der Waals surface area contributed by atoms with E-state index in [-0.39, 0.29) is 12.4 Å². The molecule has 2 atom stereocenters. The molecule has 0 spiro atoms. The predicted octanol–water partition coefficient (Wildman–Crippen LogP) is 4.13. The van der Waals surface area contributed by atoms with E-state index in [0.29, 0.717) is 30.3 Å². The van der Waals surface area contributed by atoms with Gasteiger partial charge in [0.1, 0.15) is 0 Å². The average molecular weight is 357 g/mol. The molecule has 0 aromatic heterocycles. The summed E-state index contributed by atoms with van der Waals surface area (Å²) >= 11 is 0. The third-order valence-electron chi connectivity index (χ3n) is 6.38. The zero-order valence-electron chi connectivity index (χ0n) is 16.4. The van der Waals surface area contributed by atoms with Gasteiger partial charge in [-0.2, -0.15) is 0 Å². The van der Waals surface area contributed by atoms with Crippen LogP contribution in [-0.2, 0) is 9.47 Å². The van der Waals surface area contributed by atoms with Gasteiger partial charge in [0.15, 0.2) is 6.29 Å². The molecule has 0 bridgehead atoms. The van der Waals surface area contributed by atoms with Crippen LogP contribution >= 0.6 is 0 Å². The van der Waals surface area contributed by atoms with Crippen molar-refractivity contribution in [3.63, 3.8) is 0 Å². The fraction of sp³-hybridized carbons (Fsp3) is 1.00. The van der Waals surface area contributed by atoms with Crippen molar-refractivity contribution < 1.29 is 19.7 Å². The Morgan fingerprint density at radius 1 is 0.840 bits per heavy atom. The molecule has 25 heavy (non-hydrogen) atoms. The summed E-state index contributed by atoms with van der Waals surface area (Å²) in [4.78, 5) is 0. The Hall–Kier alpha value is -0.160. The van der Waals surface area contributed by atoms with Gasteiger partial charge < -0.3 is 19.7 Å². The molecule has 0 saturated heterocycles. The normalized spacial score (nSPS) is 33.1. The Kier molecular flexibility index (Phi) is 9.75. The maximum absolute atomic E-state index is 10.1. The van der Waals surface area contributed by atoms with E-state index in [1.54, 1.807) is 0 Å². The Morgan fingerprint density at radius 2 is 1.32 bits per heavy atom. The van der Waals surface area contributed by atoms with Crippen molar-refractivity contribution in [2.75, 3.05) is 19.8 Å². The highest BCUT2D eigenvalue weighted by atomic mass is 16.7. The van der Waals surface area contributed by atoms with Crippen molar-refractivity contribution in [2.24, 2.45) is 23.7 Å². The van der Waals surface area contributed by atoms with Crippen molar-refractivity contribution in [1.29, 1.82) is 0 Å². The van der Waals surface area contributed by atoms with Crippen molar-refractivity contribution in [2.45, 2.75) is 90.4 Å². The lowest BCUT2D eigenvalue weighted by Crippen LogP contribution is -2.29. The molecule has 2 aliphatic rings. The van der Waals surface area contributed by atoms with Gasteiger partial charge in [-0.25, -0.2) is 0 Å². The second-order valence-corrected chi connectivity index (χ2v) is 8.44. The monoisotopic (exact) mass is 356 g/mol. The molecule has 0 radical (unpaired) electrons. The van der Waals surface area contributed by atoms with E-state index in [2.05, 4.69) is 6.92 Å². The second kappa shape index (κ2) is 11.5. The van der Waals surface area contributed by atoms with Crippen LogP contribution in [-0.4, -0.2) is 42.4 Å². The Labute approximate surface area is 154 Å². The minimum atomic E-state index is -0.126. The third kappa shape index (κ3) is 7.54. The molecule has 0 aromatic carbocycles. The molecular weight excluding hydrogens is 316 g/mol. The summed E-state index contributed by atoms with van der Waals surface area (Å²) in [6.07, 6.45) is 11.0.